The van der Waals surface area contributed by atoms with Crippen LogP contribution in [0.1, 0.15) is 16.7 Å². The van der Waals surface area contributed by atoms with Gasteiger partial charge in [0.2, 0.25) is 0 Å². The maximum absolute atomic E-state index is 12.2. The predicted octanol–water partition coefficient (Wildman–Crippen LogP) is 4.03. The van der Waals surface area contributed by atoms with Gasteiger partial charge in [0.1, 0.15) is 0 Å². The smallest absolute Gasteiger partial charge is 0.250 e. The summed E-state index contributed by atoms with van der Waals surface area (Å²) < 4.78 is 2.15. The molecular formula is C23H21N5OS. The second-order valence-electron chi connectivity index (χ2n) is 6.82. The Kier molecular flexibility index (Phi) is 6.20. The summed E-state index contributed by atoms with van der Waals surface area (Å²) in [6.07, 6.45) is 4.95. The Morgan fingerprint density at radius 2 is 1.87 bits per heavy atom. The Hall–Kier alpha value is -3.45. The fourth-order valence-electron chi connectivity index (χ4n) is 2.98. The minimum Gasteiger partial charge on any atom is -0.314 e. The van der Waals surface area contributed by atoms with Crippen LogP contribution in [0.5, 0.6) is 0 Å². The van der Waals surface area contributed by atoms with Crippen LogP contribution in [0, 0.1) is 6.92 Å². The number of imidazole rings is 1. The summed E-state index contributed by atoms with van der Waals surface area (Å²) in [4.78, 5) is 20.9. The van der Waals surface area contributed by atoms with Gasteiger partial charge < -0.3 is 4.57 Å². The number of amides is 1. The van der Waals surface area contributed by atoms with Gasteiger partial charge in [0.25, 0.3) is 5.91 Å². The van der Waals surface area contributed by atoms with Gasteiger partial charge in [-0.25, -0.2) is 10.4 Å². The van der Waals surface area contributed by atoms with E-state index >= 15 is 0 Å². The Bertz CT molecular complexity index is 1170. The van der Waals surface area contributed by atoms with Gasteiger partial charge >= 0.3 is 0 Å². The summed E-state index contributed by atoms with van der Waals surface area (Å²) >= 11 is 1.41. The van der Waals surface area contributed by atoms with Crippen molar-refractivity contribution in [2.24, 2.45) is 5.10 Å². The topological polar surface area (TPSA) is 72.2 Å². The minimum atomic E-state index is -0.181. The number of nitrogens with one attached hydrogen (secondary N) is 1. The van der Waals surface area contributed by atoms with Crippen LogP contribution in [0.15, 0.2) is 83.3 Å². The van der Waals surface area contributed by atoms with Gasteiger partial charge in [-0.2, -0.15) is 5.10 Å². The van der Waals surface area contributed by atoms with Crippen LogP contribution in [0.4, 0.5) is 0 Å². The van der Waals surface area contributed by atoms with E-state index in [2.05, 4.69) is 57.3 Å². The fourth-order valence-corrected chi connectivity index (χ4v) is 3.79. The van der Waals surface area contributed by atoms with Crippen LogP contribution in [0.2, 0.25) is 0 Å². The predicted molar refractivity (Wildman–Crippen MR) is 121 cm³/mol. The van der Waals surface area contributed by atoms with Crippen LogP contribution < -0.4 is 5.43 Å². The largest absolute Gasteiger partial charge is 0.314 e. The molecule has 0 bridgehead atoms. The number of pyridine rings is 1. The maximum Gasteiger partial charge on any atom is 0.250 e. The lowest BCUT2D eigenvalue weighted by molar-refractivity contribution is -0.118. The first-order valence-corrected chi connectivity index (χ1v) is 10.5. The number of carbonyl (C=O) groups is 1. The molecule has 2 aromatic carbocycles. The van der Waals surface area contributed by atoms with Gasteiger partial charge in [0.05, 0.1) is 29.5 Å². The highest BCUT2D eigenvalue weighted by Gasteiger charge is 2.13. The summed E-state index contributed by atoms with van der Waals surface area (Å²) in [6, 6.07) is 20.1. The number of fused-ring (bicyclic) bond motifs is 1. The van der Waals surface area contributed by atoms with Gasteiger partial charge in [-0.3, -0.25) is 9.78 Å². The van der Waals surface area contributed by atoms with E-state index in [-0.39, 0.29) is 11.7 Å². The highest BCUT2D eigenvalue weighted by Crippen LogP contribution is 2.25. The number of carbonyl (C=O) groups excluding carboxylic acids is 1. The molecule has 0 radical (unpaired) electrons. The van der Waals surface area contributed by atoms with Crippen molar-refractivity contribution in [1.29, 1.82) is 0 Å². The summed E-state index contributed by atoms with van der Waals surface area (Å²) in [6.45, 7) is 2.78. The number of thioether (sulfide) groups is 1. The molecule has 4 aromatic rings. The van der Waals surface area contributed by atoms with Crippen LogP contribution >= 0.6 is 11.8 Å². The molecule has 0 aliphatic carbocycles. The fraction of sp³-hybridized carbons (Fsp3) is 0.130. The average molecular weight is 416 g/mol. The van der Waals surface area contributed by atoms with Crippen molar-refractivity contribution in [3.8, 4) is 0 Å². The zero-order valence-corrected chi connectivity index (χ0v) is 17.3. The standard InChI is InChI=1S/C23H21N5OS/c1-17-6-8-19(9-7-17)15-28-21-5-3-2-4-20(21)26-23(28)30-16-22(29)27-25-14-18-10-12-24-13-11-18/h2-14H,15-16H2,1H3,(H,27,29). The third-order valence-electron chi connectivity index (χ3n) is 4.52. The van der Waals surface area contributed by atoms with Gasteiger partial charge in [0, 0.05) is 12.4 Å². The molecule has 0 atom stereocenters. The highest BCUT2D eigenvalue weighted by atomic mass is 32.2. The number of aromatic nitrogens is 3. The second-order valence-corrected chi connectivity index (χ2v) is 7.76. The molecule has 2 aromatic heterocycles. The third kappa shape index (κ3) is 4.93. The number of hydrogen-bond acceptors (Lipinski definition) is 5. The van der Waals surface area contributed by atoms with Gasteiger partial charge in [-0.05, 0) is 42.3 Å². The molecule has 4 rings (SSSR count). The number of benzene rings is 2. The van der Waals surface area contributed by atoms with Crippen LogP contribution in [-0.4, -0.2) is 32.4 Å². The SMILES string of the molecule is Cc1ccc(Cn2c(SCC(=O)NN=Cc3ccncc3)nc3ccccc32)cc1. The van der Waals surface area contributed by atoms with Gasteiger partial charge in [0.15, 0.2) is 5.16 Å². The first-order chi connectivity index (χ1) is 14.7. The molecule has 2 heterocycles. The molecule has 30 heavy (non-hydrogen) atoms. The zero-order valence-electron chi connectivity index (χ0n) is 16.5. The molecule has 0 aliphatic rings. The summed E-state index contributed by atoms with van der Waals surface area (Å²) in [5, 5.41) is 4.81. The van der Waals surface area contributed by atoms with Crippen molar-refractivity contribution in [3.63, 3.8) is 0 Å². The van der Waals surface area contributed by atoms with E-state index in [1.165, 1.54) is 22.9 Å². The molecular weight excluding hydrogens is 394 g/mol. The molecule has 150 valence electrons. The lowest BCUT2D eigenvalue weighted by Crippen LogP contribution is -2.20. The Balaban J connectivity index is 1.46. The van der Waals surface area contributed by atoms with Gasteiger partial charge in [-0.15, -0.1) is 0 Å². The Morgan fingerprint density at radius 1 is 1.10 bits per heavy atom. The zero-order chi connectivity index (χ0) is 20.8. The Morgan fingerprint density at radius 3 is 2.67 bits per heavy atom. The number of para-hydroxylation sites is 2. The maximum atomic E-state index is 12.2. The van der Waals surface area contributed by atoms with E-state index in [9.17, 15) is 4.79 Å². The van der Waals surface area contributed by atoms with Crippen molar-refractivity contribution >= 4 is 34.9 Å². The first-order valence-electron chi connectivity index (χ1n) is 9.54. The van der Waals surface area contributed by atoms with Crippen molar-refractivity contribution in [3.05, 3.63) is 89.7 Å². The monoisotopic (exact) mass is 415 g/mol. The normalized spacial score (nSPS) is 11.2. The lowest BCUT2D eigenvalue weighted by atomic mass is 10.1. The first kappa shape index (κ1) is 19.8. The summed E-state index contributed by atoms with van der Waals surface area (Å²) in [5.41, 5.74) is 7.83. The number of hydrogen-bond donors (Lipinski definition) is 1. The molecule has 0 aliphatic heterocycles. The number of hydrazone groups is 1. The average Bonchev–Trinajstić information content (AvgIpc) is 3.12. The highest BCUT2D eigenvalue weighted by molar-refractivity contribution is 7.99. The van der Waals surface area contributed by atoms with Crippen molar-refractivity contribution in [1.82, 2.24) is 20.0 Å². The molecule has 0 saturated heterocycles. The number of nitrogens with zero attached hydrogens (tertiary/aromatic N) is 4. The van der Waals surface area contributed by atoms with E-state index in [4.69, 9.17) is 4.98 Å². The molecule has 0 spiro atoms. The molecule has 0 fully saturated rings. The van der Waals surface area contributed by atoms with E-state index < -0.39 is 0 Å². The Labute approximate surface area is 179 Å². The number of rotatable bonds is 7. The third-order valence-corrected chi connectivity index (χ3v) is 5.50. The van der Waals surface area contributed by atoms with Gasteiger partial charge in [-0.1, -0.05) is 53.7 Å². The van der Waals surface area contributed by atoms with Crippen LogP contribution in [-0.2, 0) is 11.3 Å². The summed E-state index contributed by atoms with van der Waals surface area (Å²) in [7, 11) is 0. The van der Waals surface area contributed by atoms with Crippen molar-refractivity contribution in [2.45, 2.75) is 18.6 Å². The molecule has 6 nitrogen and oxygen atoms in total. The molecule has 1 N–H and O–H groups in total. The second kappa shape index (κ2) is 9.37. The number of aryl methyl sites for hydroxylation is 1. The molecule has 0 unspecified atom stereocenters. The summed E-state index contributed by atoms with van der Waals surface area (Å²) in [5.74, 6) is 0.0458. The van der Waals surface area contributed by atoms with E-state index in [1.54, 1.807) is 18.6 Å². The van der Waals surface area contributed by atoms with E-state index in [0.29, 0.717) is 6.54 Å². The quantitative estimate of drug-likeness (QED) is 0.281. The van der Waals surface area contributed by atoms with Crippen molar-refractivity contribution < 1.29 is 4.79 Å². The van der Waals surface area contributed by atoms with E-state index in [0.717, 1.165) is 21.8 Å². The van der Waals surface area contributed by atoms with E-state index in [1.807, 2.05) is 30.3 Å². The van der Waals surface area contributed by atoms with Crippen LogP contribution in [0.3, 0.4) is 0 Å². The lowest BCUT2D eigenvalue weighted by Gasteiger charge is -2.09. The van der Waals surface area contributed by atoms with Crippen LogP contribution in [0.25, 0.3) is 11.0 Å². The molecule has 7 heteroatoms. The minimum absolute atomic E-state index is 0.181. The van der Waals surface area contributed by atoms with Crippen molar-refractivity contribution in [2.75, 3.05) is 5.75 Å². The molecule has 1 amide bonds. The molecule has 0 saturated carbocycles.